The number of fused-ring (bicyclic) bond motifs is 2. The maximum absolute atomic E-state index is 13.0. The molecule has 0 saturated heterocycles. The molecule has 4 rings (SSSR count). The highest BCUT2D eigenvalue weighted by Crippen LogP contribution is 2.27. The Hall–Kier alpha value is -4.19. The number of hydrogen-bond acceptors (Lipinski definition) is 4. The van der Waals surface area contributed by atoms with Crippen molar-refractivity contribution in [3.8, 4) is 5.75 Å². The summed E-state index contributed by atoms with van der Waals surface area (Å²) in [6.45, 7) is 7.72. The number of rotatable bonds is 9. The number of para-hydroxylation sites is 1. The first kappa shape index (κ1) is 25.9. The fraction of sp³-hybridized carbons (Fsp3) is 0.258. The molecule has 0 radical (unpaired) electrons. The van der Waals surface area contributed by atoms with Gasteiger partial charge in [-0.05, 0) is 64.9 Å². The SMILES string of the molecule is Cc1cccc(C)c1OCC(=O)N[C@H](CC(C)C)C(=O)N/N=C\c1c2ccccc2cc2ccccc12. The smallest absolute Gasteiger partial charge is 0.262 e. The third-order valence-electron chi connectivity index (χ3n) is 6.30. The van der Waals surface area contributed by atoms with Crippen LogP contribution in [0.1, 0.15) is 37.0 Å². The highest BCUT2D eigenvalue weighted by atomic mass is 16.5. The summed E-state index contributed by atoms with van der Waals surface area (Å²) in [6, 6.07) is 23.4. The zero-order valence-corrected chi connectivity index (χ0v) is 21.7. The minimum atomic E-state index is -0.726. The van der Waals surface area contributed by atoms with E-state index in [1.54, 1.807) is 6.21 Å². The Labute approximate surface area is 217 Å². The third kappa shape index (κ3) is 6.33. The van der Waals surface area contributed by atoms with Gasteiger partial charge in [-0.2, -0.15) is 5.10 Å². The number of carbonyl (C=O) groups is 2. The van der Waals surface area contributed by atoms with Crippen molar-refractivity contribution < 1.29 is 14.3 Å². The fourth-order valence-electron chi connectivity index (χ4n) is 4.53. The predicted molar refractivity (Wildman–Crippen MR) is 150 cm³/mol. The Morgan fingerprint density at radius 1 is 0.892 bits per heavy atom. The van der Waals surface area contributed by atoms with Crippen LogP contribution in [-0.4, -0.2) is 30.7 Å². The van der Waals surface area contributed by atoms with Gasteiger partial charge < -0.3 is 10.1 Å². The van der Waals surface area contributed by atoms with Gasteiger partial charge in [0.25, 0.3) is 11.8 Å². The summed E-state index contributed by atoms with van der Waals surface area (Å²) in [5.74, 6) is 0.165. The van der Waals surface area contributed by atoms with Crippen molar-refractivity contribution in [1.29, 1.82) is 0 Å². The van der Waals surface area contributed by atoms with Crippen LogP contribution in [0.4, 0.5) is 0 Å². The van der Waals surface area contributed by atoms with Gasteiger partial charge in [-0.15, -0.1) is 0 Å². The minimum Gasteiger partial charge on any atom is -0.483 e. The number of nitrogens with one attached hydrogen (secondary N) is 2. The Morgan fingerprint density at radius 3 is 2.08 bits per heavy atom. The van der Waals surface area contributed by atoms with E-state index in [1.807, 2.05) is 82.3 Å². The number of hydrogen-bond donors (Lipinski definition) is 2. The number of nitrogens with zero attached hydrogens (tertiary/aromatic N) is 1. The van der Waals surface area contributed by atoms with Gasteiger partial charge >= 0.3 is 0 Å². The van der Waals surface area contributed by atoms with Gasteiger partial charge in [0.1, 0.15) is 11.8 Å². The molecule has 0 unspecified atom stereocenters. The van der Waals surface area contributed by atoms with E-state index >= 15 is 0 Å². The van der Waals surface area contributed by atoms with Gasteiger partial charge in [0.2, 0.25) is 0 Å². The van der Waals surface area contributed by atoms with E-state index in [9.17, 15) is 9.59 Å². The molecule has 1 atom stereocenters. The number of ether oxygens (including phenoxy) is 1. The van der Waals surface area contributed by atoms with Crippen LogP contribution >= 0.6 is 0 Å². The molecule has 0 aliphatic rings. The van der Waals surface area contributed by atoms with Crippen LogP contribution in [0, 0.1) is 19.8 Å². The Bertz CT molecular complexity index is 1380. The zero-order chi connectivity index (χ0) is 26.4. The molecule has 2 amide bonds. The monoisotopic (exact) mass is 495 g/mol. The van der Waals surface area contributed by atoms with E-state index in [4.69, 9.17) is 4.74 Å². The normalized spacial score (nSPS) is 12.2. The van der Waals surface area contributed by atoms with Crippen LogP contribution in [-0.2, 0) is 9.59 Å². The number of benzene rings is 4. The predicted octanol–water partition coefficient (Wildman–Crippen LogP) is 5.67. The van der Waals surface area contributed by atoms with Gasteiger partial charge in [0.05, 0.1) is 6.21 Å². The number of aryl methyl sites for hydroxylation is 2. The van der Waals surface area contributed by atoms with E-state index < -0.39 is 6.04 Å². The van der Waals surface area contributed by atoms with Crippen molar-refractivity contribution in [2.75, 3.05) is 6.61 Å². The largest absolute Gasteiger partial charge is 0.483 e. The zero-order valence-electron chi connectivity index (χ0n) is 21.7. The van der Waals surface area contributed by atoms with Crippen LogP contribution in [0.5, 0.6) is 5.75 Å². The first-order chi connectivity index (χ1) is 17.8. The second kappa shape index (κ2) is 11.7. The average Bonchev–Trinajstić information content (AvgIpc) is 2.87. The molecule has 6 nitrogen and oxygen atoms in total. The highest BCUT2D eigenvalue weighted by Gasteiger charge is 2.22. The van der Waals surface area contributed by atoms with E-state index in [0.29, 0.717) is 12.2 Å². The van der Waals surface area contributed by atoms with E-state index in [1.165, 1.54) is 0 Å². The van der Waals surface area contributed by atoms with Crippen molar-refractivity contribution in [2.24, 2.45) is 11.0 Å². The molecular weight excluding hydrogens is 462 g/mol. The number of hydrazone groups is 1. The lowest BCUT2D eigenvalue weighted by molar-refractivity contribution is -0.130. The lowest BCUT2D eigenvalue weighted by atomic mass is 9.97. The third-order valence-corrected chi connectivity index (χ3v) is 6.30. The Morgan fingerprint density at radius 2 is 1.49 bits per heavy atom. The first-order valence-electron chi connectivity index (χ1n) is 12.5. The van der Waals surface area contributed by atoms with Crippen LogP contribution < -0.4 is 15.5 Å². The molecule has 2 N–H and O–H groups in total. The van der Waals surface area contributed by atoms with Gasteiger partial charge in [-0.3, -0.25) is 9.59 Å². The van der Waals surface area contributed by atoms with Crippen LogP contribution in [0.25, 0.3) is 21.5 Å². The molecular formula is C31H33N3O3. The molecule has 0 saturated carbocycles. The molecule has 0 aliphatic carbocycles. The van der Waals surface area contributed by atoms with E-state index in [2.05, 4.69) is 34.0 Å². The molecule has 190 valence electrons. The van der Waals surface area contributed by atoms with Crippen LogP contribution in [0.3, 0.4) is 0 Å². The molecule has 6 heteroatoms. The molecule has 37 heavy (non-hydrogen) atoms. The van der Waals surface area contributed by atoms with Gasteiger partial charge in [-0.1, -0.05) is 80.6 Å². The summed E-state index contributed by atoms with van der Waals surface area (Å²) in [7, 11) is 0. The Balaban J connectivity index is 1.47. The summed E-state index contributed by atoms with van der Waals surface area (Å²) in [5.41, 5.74) is 5.49. The molecule has 4 aromatic carbocycles. The molecule has 0 spiro atoms. The minimum absolute atomic E-state index is 0.168. The molecule has 4 aromatic rings. The average molecular weight is 496 g/mol. The summed E-state index contributed by atoms with van der Waals surface area (Å²) in [4.78, 5) is 25.7. The van der Waals surface area contributed by atoms with Crippen molar-refractivity contribution in [2.45, 2.75) is 40.2 Å². The second-order valence-corrected chi connectivity index (χ2v) is 9.73. The number of amides is 2. The molecule has 0 bridgehead atoms. The summed E-state index contributed by atoms with van der Waals surface area (Å²) in [6.07, 6.45) is 2.16. The molecule has 0 fully saturated rings. The summed E-state index contributed by atoms with van der Waals surface area (Å²) >= 11 is 0. The lowest BCUT2D eigenvalue weighted by Gasteiger charge is -2.19. The van der Waals surface area contributed by atoms with Gasteiger partial charge in [-0.25, -0.2) is 5.43 Å². The topological polar surface area (TPSA) is 79.8 Å². The van der Waals surface area contributed by atoms with Crippen LogP contribution in [0.15, 0.2) is 77.9 Å². The van der Waals surface area contributed by atoms with Crippen molar-refractivity contribution in [1.82, 2.24) is 10.7 Å². The summed E-state index contributed by atoms with van der Waals surface area (Å²) in [5, 5.41) is 11.4. The first-order valence-corrected chi connectivity index (χ1v) is 12.5. The second-order valence-electron chi connectivity index (χ2n) is 9.73. The van der Waals surface area contributed by atoms with Crippen molar-refractivity contribution >= 4 is 39.6 Å². The number of carbonyl (C=O) groups excluding carboxylic acids is 2. The van der Waals surface area contributed by atoms with Crippen molar-refractivity contribution in [3.05, 3.63) is 89.5 Å². The maximum atomic E-state index is 13.0. The van der Waals surface area contributed by atoms with Crippen LogP contribution in [0.2, 0.25) is 0 Å². The lowest BCUT2D eigenvalue weighted by Crippen LogP contribution is -2.47. The molecule has 0 aliphatic heterocycles. The quantitative estimate of drug-likeness (QED) is 0.178. The standard InChI is InChI=1S/C31H33N3O3/c1-20(2)16-28(33-29(35)19-37-30-21(3)10-9-11-22(30)4)31(36)34-32-18-27-25-14-7-5-12-23(25)17-24-13-6-8-15-26(24)27/h5-15,17-18,20,28H,16,19H2,1-4H3,(H,33,35)(H,34,36)/b32-18-/t28-/m1/s1. The van der Waals surface area contributed by atoms with Gasteiger partial charge in [0.15, 0.2) is 6.61 Å². The van der Waals surface area contributed by atoms with E-state index in [-0.39, 0.29) is 24.3 Å². The highest BCUT2D eigenvalue weighted by molar-refractivity contribution is 6.13. The van der Waals surface area contributed by atoms with Crippen molar-refractivity contribution in [3.63, 3.8) is 0 Å². The fourth-order valence-corrected chi connectivity index (χ4v) is 4.53. The molecule has 0 aromatic heterocycles. The van der Waals surface area contributed by atoms with Gasteiger partial charge in [0, 0.05) is 5.56 Å². The summed E-state index contributed by atoms with van der Waals surface area (Å²) < 4.78 is 5.76. The van der Waals surface area contributed by atoms with E-state index in [0.717, 1.165) is 38.2 Å². The maximum Gasteiger partial charge on any atom is 0.262 e. The Kier molecular flexibility index (Phi) is 8.18. The molecule has 0 heterocycles.